The van der Waals surface area contributed by atoms with Gasteiger partial charge in [-0.15, -0.1) is 0 Å². The largest absolute Gasteiger partial charge is 0.506 e. The zero-order chi connectivity index (χ0) is 14.2. The fraction of sp³-hybridized carbons (Fsp3) is 0.0769. The molecule has 0 bridgehead atoms. The minimum absolute atomic E-state index is 0.00672. The van der Waals surface area contributed by atoms with E-state index >= 15 is 0 Å². The lowest BCUT2D eigenvalue weighted by Crippen LogP contribution is -2.04. The number of alkyl halides is 3. The molecule has 0 unspecified atom stereocenters. The molecule has 2 rings (SSSR count). The van der Waals surface area contributed by atoms with Crippen molar-refractivity contribution in [2.45, 2.75) is 6.18 Å². The third-order valence-corrected chi connectivity index (χ3v) is 3.27. The van der Waals surface area contributed by atoms with Crippen LogP contribution in [0, 0.1) is 0 Å². The Morgan fingerprint density at radius 3 is 2.00 bits per heavy atom. The molecule has 1 nitrogen and oxygen atoms in total. The summed E-state index contributed by atoms with van der Waals surface area (Å²) in [5.41, 5.74) is -0.0559. The smallest absolute Gasteiger partial charge is 0.416 e. The summed E-state index contributed by atoms with van der Waals surface area (Å²) >= 11 is 11.9. The van der Waals surface area contributed by atoms with Crippen LogP contribution in [0.1, 0.15) is 5.56 Å². The molecule has 100 valence electrons. The summed E-state index contributed by atoms with van der Waals surface area (Å²) in [7, 11) is 0. The van der Waals surface area contributed by atoms with Gasteiger partial charge < -0.3 is 5.11 Å². The normalized spacial score (nSPS) is 11.6. The van der Waals surface area contributed by atoms with Gasteiger partial charge in [0.1, 0.15) is 5.75 Å². The summed E-state index contributed by atoms with van der Waals surface area (Å²) in [5.74, 6) is -0.180. The van der Waals surface area contributed by atoms with Gasteiger partial charge in [0.05, 0.1) is 15.6 Å². The number of benzene rings is 2. The van der Waals surface area contributed by atoms with Crippen molar-refractivity contribution in [2.75, 3.05) is 0 Å². The van der Waals surface area contributed by atoms with E-state index in [9.17, 15) is 18.3 Å². The summed E-state index contributed by atoms with van der Waals surface area (Å²) < 4.78 is 37.4. The molecule has 0 amide bonds. The Kier molecular flexibility index (Phi) is 3.65. The molecule has 0 aliphatic heterocycles. The number of hydrogen-bond donors (Lipinski definition) is 1. The van der Waals surface area contributed by atoms with Crippen molar-refractivity contribution in [2.24, 2.45) is 0 Å². The lowest BCUT2D eigenvalue weighted by atomic mass is 10.0. The van der Waals surface area contributed by atoms with Crippen LogP contribution in [0.4, 0.5) is 13.2 Å². The van der Waals surface area contributed by atoms with E-state index in [0.29, 0.717) is 11.1 Å². The number of phenolic OH excluding ortho intramolecular Hbond substituents is 1. The van der Waals surface area contributed by atoms with Crippen LogP contribution in [0.2, 0.25) is 10.0 Å². The third kappa shape index (κ3) is 2.80. The number of phenols is 1. The summed E-state index contributed by atoms with van der Waals surface area (Å²) in [4.78, 5) is 0. The van der Waals surface area contributed by atoms with Crippen LogP contribution < -0.4 is 0 Å². The Hall–Kier alpha value is -1.39. The minimum atomic E-state index is -4.40. The van der Waals surface area contributed by atoms with Crippen molar-refractivity contribution in [1.82, 2.24) is 0 Å². The number of rotatable bonds is 1. The van der Waals surface area contributed by atoms with Crippen molar-refractivity contribution in [3.63, 3.8) is 0 Å². The highest BCUT2D eigenvalue weighted by Crippen LogP contribution is 2.40. The van der Waals surface area contributed by atoms with Crippen LogP contribution in [0.25, 0.3) is 11.1 Å². The maximum absolute atomic E-state index is 12.5. The van der Waals surface area contributed by atoms with Gasteiger partial charge in [-0.05, 0) is 29.8 Å². The van der Waals surface area contributed by atoms with Gasteiger partial charge in [-0.2, -0.15) is 13.2 Å². The van der Waals surface area contributed by atoms with Gasteiger partial charge in [0.2, 0.25) is 0 Å². The van der Waals surface area contributed by atoms with Crippen molar-refractivity contribution >= 4 is 23.2 Å². The first kappa shape index (κ1) is 14.0. The van der Waals surface area contributed by atoms with Gasteiger partial charge in [0, 0.05) is 5.56 Å². The zero-order valence-electron chi connectivity index (χ0n) is 9.30. The topological polar surface area (TPSA) is 20.2 Å². The van der Waals surface area contributed by atoms with E-state index in [1.807, 2.05) is 0 Å². The molecule has 0 heterocycles. The molecule has 0 spiro atoms. The maximum atomic E-state index is 12.5. The van der Waals surface area contributed by atoms with E-state index in [2.05, 4.69) is 0 Å². The van der Waals surface area contributed by atoms with Crippen LogP contribution in [0.15, 0.2) is 36.4 Å². The van der Waals surface area contributed by atoms with Gasteiger partial charge in [-0.3, -0.25) is 0 Å². The summed E-state index contributed by atoms with van der Waals surface area (Å²) in [6.07, 6.45) is -4.40. The van der Waals surface area contributed by atoms with Crippen LogP contribution >= 0.6 is 23.2 Å². The molecule has 0 atom stereocenters. The molecule has 0 aliphatic carbocycles. The Bertz CT molecular complexity index is 607. The van der Waals surface area contributed by atoms with Crippen molar-refractivity contribution in [1.29, 1.82) is 0 Å². The molecule has 0 aliphatic rings. The monoisotopic (exact) mass is 306 g/mol. The second-order valence-corrected chi connectivity index (χ2v) is 4.62. The van der Waals surface area contributed by atoms with E-state index in [-0.39, 0.29) is 15.8 Å². The fourth-order valence-electron chi connectivity index (χ4n) is 1.63. The molecule has 0 saturated heterocycles. The first-order valence-corrected chi connectivity index (χ1v) is 5.91. The highest BCUT2D eigenvalue weighted by molar-refractivity contribution is 6.40. The van der Waals surface area contributed by atoms with Gasteiger partial charge in [0.15, 0.2) is 0 Å². The molecule has 0 saturated carbocycles. The first-order valence-electron chi connectivity index (χ1n) is 5.15. The van der Waals surface area contributed by atoms with Gasteiger partial charge in [0.25, 0.3) is 0 Å². The lowest BCUT2D eigenvalue weighted by Gasteiger charge is -2.11. The molecule has 6 heteroatoms. The second-order valence-electron chi connectivity index (χ2n) is 3.83. The molecular formula is C13H7Cl2F3O. The van der Waals surface area contributed by atoms with Crippen molar-refractivity contribution in [3.8, 4) is 16.9 Å². The number of aromatic hydroxyl groups is 1. The molecular weight excluding hydrogens is 300 g/mol. The average molecular weight is 307 g/mol. The van der Waals surface area contributed by atoms with E-state index in [4.69, 9.17) is 23.2 Å². The van der Waals surface area contributed by atoms with Crippen LogP contribution in [0.3, 0.4) is 0 Å². The third-order valence-electron chi connectivity index (χ3n) is 2.57. The fourth-order valence-corrected chi connectivity index (χ4v) is 2.22. The number of hydrogen-bond acceptors (Lipinski definition) is 1. The predicted molar refractivity (Wildman–Crippen MR) is 68.6 cm³/mol. The summed E-state index contributed by atoms with van der Waals surface area (Å²) in [6, 6.07) is 7.14. The SMILES string of the molecule is Oc1ccc(Cl)c(-c2ccc(C(F)(F)F)cc2)c1Cl. The molecule has 19 heavy (non-hydrogen) atoms. The highest BCUT2D eigenvalue weighted by Gasteiger charge is 2.30. The quantitative estimate of drug-likeness (QED) is 0.749. The van der Waals surface area contributed by atoms with Gasteiger partial charge in [-0.25, -0.2) is 0 Å². The molecule has 2 aromatic rings. The molecule has 1 N–H and O–H groups in total. The standard InChI is InChI=1S/C13H7Cl2F3O/c14-9-5-6-10(19)12(15)11(9)7-1-3-8(4-2-7)13(16,17)18/h1-6,19H. The lowest BCUT2D eigenvalue weighted by molar-refractivity contribution is -0.137. The Morgan fingerprint density at radius 1 is 0.895 bits per heavy atom. The molecule has 0 aromatic heterocycles. The van der Waals surface area contributed by atoms with E-state index in [1.54, 1.807) is 0 Å². The number of halogens is 5. The van der Waals surface area contributed by atoms with Gasteiger partial charge in [-0.1, -0.05) is 35.3 Å². The van der Waals surface area contributed by atoms with Crippen molar-refractivity contribution in [3.05, 3.63) is 52.0 Å². The summed E-state index contributed by atoms with van der Waals surface area (Å²) in [6.45, 7) is 0. The summed E-state index contributed by atoms with van der Waals surface area (Å²) in [5, 5.41) is 9.76. The molecule has 0 radical (unpaired) electrons. The molecule has 0 fully saturated rings. The molecule has 2 aromatic carbocycles. The highest BCUT2D eigenvalue weighted by atomic mass is 35.5. The Morgan fingerprint density at radius 2 is 1.47 bits per heavy atom. The van der Waals surface area contributed by atoms with E-state index in [1.165, 1.54) is 24.3 Å². The van der Waals surface area contributed by atoms with Crippen LogP contribution in [0.5, 0.6) is 5.75 Å². The second kappa shape index (κ2) is 4.94. The van der Waals surface area contributed by atoms with E-state index < -0.39 is 11.7 Å². The van der Waals surface area contributed by atoms with Crippen molar-refractivity contribution < 1.29 is 18.3 Å². The zero-order valence-corrected chi connectivity index (χ0v) is 10.8. The van der Waals surface area contributed by atoms with Gasteiger partial charge >= 0.3 is 6.18 Å². The average Bonchev–Trinajstić information content (AvgIpc) is 2.34. The first-order chi connectivity index (χ1) is 8.80. The van der Waals surface area contributed by atoms with E-state index in [0.717, 1.165) is 12.1 Å². The predicted octanol–water partition coefficient (Wildman–Crippen LogP) is 5.38. The Labute approximate surface area is 117 Å². The van der Waals surface area contributed by atoms with Crippen LogP contribution in [-0.2, 0) is 6.18 Å². The minimum Gasteiger partial charge on any atom is -0.506 e. The Balaban J connectivity index is 2.52. The van der Waals surface area contributed by atoms with Crippen LogP contribution in [-0.4, -0.2) is 5.11 Å². The maximum Gasteiger partial charge on any atom is 0.416 e.